The summed E-state index contributed by atoms with van der Waals surface area (Å²) in [6.07, 6.45) is 5.14. The monoisotopic (exact) mass is 254 g/mol. The van der Waals surface area contributed by atoms with E-state index in [-0.39, 0.29) is 5.82 Å². The number of hydrogen-bond acceptors (Lipinski definition) is 2. The lowest BCUT2D eigenvalue weighted by Gasteiger charge is -2.13. The van der Waals surface area contributed by atoms with Crippen molar-refractivity contribution in [1.82, 2.24) is 0 Å². The van der Waals surface area contributed by atoms with Crippen LogP contribution in [0.5, 0.6) is 5.75 Å². The predicted molar refractivity (Wildman–Crippen MR) is 71.3 cm³/mol. The number of aliphatic hydroxyl groups excluding tert-OH is 1. The summed E-state index contributed by atoms with van der Waals surface area (Å²) in [5.74, 6) is 0.126. The summed E-state index contributed by atoms with van der Waals surface area (Å²) in [7, 11) is 0. The smallest absolute Gasteiger partial charge is 0.127 e. The van der Waals surface area contributed by atoms with Crippen molar-refractivity contribution in [1.29, 1.82) is 0 Å². The van der Waals surface area contributed by atoms with Gasteiger partial charge in [0, 0.05) is 11.6 Å². The van der Waals surface area contributed by atoms with Gasteiger partial charge in [-0.2, -0.15) is 0 Å². The third-order valence-corrected chi connectivity index (χ3v) is 2.93. The lowest BCUT2D eigenvalue weighted by Crippen LogP contribution is -2.03. The van der Waals surface area contributed by atoms with Crippen molar-refractivity contribution in [2.24, 2.45) is 0 Å². The van der Waals surface area contributed by atoms with Crippen LogP contribution >= 0.6 is 0 Å². The fraction of sp³-hybridized carbons (Fsp3) is 0.600. The van der Waals surface area contributed by atoms with Crippen molar-refractivity contribution < 1.29 is 14.2 Å². The van der Waals surface area contributed by atoms with Crippen molar-refractivity contribution in [2.75, 3.05) is 6.61 Å². The highest BCUT2D eigenvalue weighted by atomic mass is 19.1. The van der Waals surface area contributed by atoms with Crippen molar-refractivity contribution in [3.8, 4) is 5.75 Å². The molecule has 0 bridgehead atoms. The molecule has 0 radical (unpaired) electrons. The van der Waals surface area contributed by atoms with Crippen LogP contribution in [-0.4, -0.2) is 11.7 Å². The van der Waals surface area contributed by atoms with E-state index in [1.54, 1.807) is 13.0 Å². The third-order valence-electron chi connectivity index (χ3n) is 2.93. The number of aliphatic hydroxyl groups is 1. The van der Waals surface area contributed by atoms with Gasteiger partial charge in [-0.15, -0.1) is 0 Å². The molecule has 1 atom stereocenters. The van der Waals surface area contributed by atoms with Gasteiger partial charge in [-0.05, 0) is 25.5 Å². The molecule has 1 N–H and O–H groups in total. The first-order chi connectivity index (χ1) is 8.65. The molecular formula is C15H23FO2. The summed E-state index contributed by atoms with van der Waals surface area (Å²) in [4.78, 5) is 0. The second kappa shape index (κ2) is 8.09. The normalized spacial score (nSPS) is 12.4. The molecule has 1 aromatic rings. The minimum Gasteiger partial charge on any atom is -0.493 e. The molecule has 18 heavy (non-hydrogen) atoms. The van der Waals surface area contributed by atoms with E-state index in [1.807, 2.05) is 0 Å². The van der Waals surface area contributed by atoms with Gasteiger partial charge < -0.3 is 9.84 Å². The van der Waals surface area contributed by atoms with Crippen LogP contribution in [0.2, 0.25) is 0 Å². The Bertz CT molecular complexity index is 350. The molecule has 1 rings (SSSR count). The molecule has 1 aromatic carbocycles. The minimum absolute atomic E-state index is 0.333. The maximum absolute atomic E-state index is 13.1. The highest BCUT2D eigenvalue weighted by Crippen LogP contribution is 2.26. The van der Waals surface area contributed by atoms with Gasteiger partial charge in [0.05, 0.1) is 12.7 Å². The Morgan fingerprint density at radius 2 is 1.94 bits per heavy atom. The molecule has 0 fully saturated rings. The summed E-state index contributed by atoms with van der Waals surface area (Å²) in [6, 6.07) is 4.26. The number of halogens is 1. The molecule has 0 saturated heterocycles. The first kappa shape index (κ1) is 15.0. The molecule has 102 valence electrons. The van der Waals surface area contributed by atoms with E-state index >= 15 is 0 Å². The predicted octanol–water partition coefficient (Wildman–Crippen LogP) is 4.23. The maximum Gasteiger partial charge on any atom is 0.127 e. The van der Waals surface area contributed by atoms with Gasteiger partial charge in [0.2, 0.25) is 0 Å². The fourth-order valence-electron chi connectivity index (χ4n) is 1.87. The summed E-state index contributed by atoms with van der Waals surface area (Å²) >= 11 is 0. The van der Waals surface area contributed by atoms with Gasteiger partial charge >= 0.3 is 0 Å². The molecule has 0 unspecified atom stereocenters. The molecule has 0 spiro atoms. The van der Waals surface area contributed by atoms with Crippen LogP contribution in [0.3, 0.4) is 0 Å². The van der Waals surface area contributed by atoms with Gasteiger partial charge in [-0.25, -0.2) is 4.39 Å². The first-order valence-electron chi connectivity index (χ1n) is 6.75. The lowest BCUT2D eigenvalue weighted by atomic mass is 10.1. The number of ether oxygens (including phenoxy) is 1. The van der Waals surface area contributed by atoms with Crippen LogP contribution in [0.4, 0.5) is 4.39 Å². The van der Waals surface area contributed by atoms with Gasteiger partial charge in [-0.1, -0.05) is 32.6 Å². The highest BCUT2D eigenvalue weighted by Gasteiger charge is 2.10. The molecule has 0 aromatic heterocycles. The van der Waals surface area contributed by atoms with Crippen LogP contribution in [-0.2, 0) is 0 Å². The van der Waals surface area contributed by atoms with E-state index < -0.39 is 6.10 Å². The van der Waals surface area contributed by atoms with Crippen LogP contribution in [0.15, 0.2) is 18.2 Å². The zero-order valence-electron chi connectivity index (χ0n) is 11.3. The molecule has 0 saturated carbocycles. The van der Waals surface area contributed by atoms with E-state index in [0.717, 1.165) is 12.8 Å². The summed E-state index contributed by atoms with van der Waals surface area (Å²) in [5, 5.41) is 9.57. The van der Waals surface area contributed by atoms with Crippen LogP contribution in [0.25, 0.3) is 0 Å². The van der Waals surface area contributed by atoms with Crippen LogP contribution in [0.1, 0.15) is 57.6 Å². The zero-order chi connectivity index (χ0) is 13.4. The average molecular weight is 254 g/mol. The Labute approximate surface area is 109 Å². The topological polar surface area (TPSA) is 29.5 Å². The number of rotatable bonds is 8. The third kappa shape index (κ3) is 5.05. The molecular weight excluding hydrogens is 231 g/mol. The maximum atomic E-state index is 13.1. The zero-order valence-corrected chi connectivity index (χ0v) is 11.3. The summed E-state index contributed by atoms with van der Waals surface area (Å²) in [5.41, 5.74) is 0.643. The SMILES string of the molecule is CCCCCCCOc1cc(F)ccc1[C@@H](C)O. The fourth-order valence-corrected chi connectivity index (χ4v) is 1.87. The van der Waals surface area contributed by atoms with E-state index in [0.29, 0.717) is 17.9 Å². The summed E-state index contributed by atoms with van der Waals surface area (Å²) in [6.45, 7) is 4.41. The number of unbranched alkanes of at least 4 members (excludes halogenated alkanes) is 4. The van der Waals surface area contributed by atoms with Crippen LogP contribution in [0, 0.1) is 5.82 Å². The highest BCUT2D eigenvalue weighted by molar-refractivity contribution is 5.35. The molecule has 3 heteroatoms. The van der Waals surface area contributed by atoms with Crippen molar-refractivity contribution >= 4 is 0 Å². The van der Waals surface area contributed by atoms with Crippen molar-refractivity contribution in [2.45, 2.75) is 52.1 Å². The van der Waals surface area contributed by atoms with Gasteiger partial charge in [0.15, 0.2) is 0 Å². The lowest BCUT2D eigenvalue weighted by molar-refractivity contribution is 0.190. The Kier molecular flexibility index (Phi) is 6.73. The quantitative estimate of drug-likeness (QED) is 0.703. The second-order valence-electron chi connectivity index (χ2n) is 4.62. The van der Waals surface area contributed by atoms with E-state index in [1.165, 1.54) is 31.4 Å². The molecule has 0 aliphatic heterocycles. The van der Waals surface area contributed by atoms with Gasteiger partial charge in [-0.3, -0.25) is 0 Å². The van der Waals surface area contributed by atoms with E-state index in [4.69, 9.17) is 4.74 Å². The molecule has 0 amide bonds. The number of benzene rings is 1. The summed E-state index contributed by atoms with van der Waals surface area (Å²) < 4.78 is 18.7. The average Bonchev–Trinajstić information content (AvgIpc) is 2.33. The largest absolute Gasteiger partial charge is 0.493 e. The Morgan fingerprint density at radius 3 is 2.61 bits per heavy atom. The Hall–Kier alpha value is -1.09. The van der Waals surface area contributed by atoms with Crippen molar-refractivity contribution in [3.05, 3.63) is 29.6 Å². The van der Waals surface area contributed by atoms with E-state index in [9.17, 15) is 9.50 Å². The number of hydrogen-bond donors (Lipinski definition) is 1. The minimum atomic E-state index is -0.638. The van der Waals surface area contributed by atoms with Gasteiger partial charge in [0.25, 0.3) is 0 Å². The van der Waals surface area contributed by atoms with Crippen LogP contribution < -0.4 is 4.74 Å². The Balaban J connectivity index is 2.43. The van der Waals surface area contributed by atoms with Gasteiger partial charge in [0.1, 0.15) is 11.6 Å². The molecule has 0 heterocycles. The first-order valence-corrected chi connectivity index (χ1v) is 6.75. The molecule has 2 nitrogen and oxygen atoms in total. The van der Waals surface area contributed by atoms with E-state index in [2.05, 4.69) is 6.92 Å². The molecule has 0 aliphatic carbocycles. The standard InChI is InChI=1S/C15H23FO2/c1-3-4-5-6-7-10-18-15-11-13(16)8-9-14(15)12(2)17/h8-9,11-12,17H,3-7,10H2,1-2H3/t12-/m1/s1. The Morgan fingerprint density at radius 1 is 1.22 bits per heavy atom. The molecule has 0 aliphatic rings. The second-order valence-corrected chi connectivity index (χ2v) is 4.62. The van der Waals surface area contributed by atoms with Crippen molar-refractivity contribution in [3.63, 3.8) is 0 Å².